The molecule has 0 spiro atoms. The molecule has 5 nitrogen and oxygen atoms in total. The van der Waals surface area contributed by atoms with Gasteiger partial charge in [-0.1, -0.05) is 30.3 Å². The van der Waals surface area contributed by atoms with Crippen molar-refractivity contribution in [2.45, 2.75) is 26.7 Å². The van der Waals surface area contributed by atoms with Gasteiger partial charge in [-0.25, -0.2) is 0 Å². The lowest BCUT2D eigenvalue weighted by molar-refractivity contribution is -0.124. The van der Waals surface area contributed by atoms with Gasteiger partial charge < -0.3 is 11.1 Å². The molecule has 0 bridgehead atoms. The summed E-state index contributed by atoms with van der Waals surface area (Å²) in [7, 11) is 1.78. The Morgan fingerprint density at radius 3 is 2.58 bits per heavy atom. The summed E-state index contributed by atoms with van der Waals surface area (Å²) in [5, 5.41) is 2.51. The first-order valence-corrected chi connectivity index (χ1v) is 8.60. The van der Waals surface area contributed by atoms with E-state index in [1.54, 1.807) is 7.05 Å². The molecule has 3 N–H and O–H groups in total. The number of carbonyl (C=O) groups is 2. The lowest BCUT2D eigenvalue weighted by atomic mass is 9.89. The van der Waals surface area contributed by atoms with Gasteiger partial charge in [-0.15, -0.1) is 0 Å². The second-order valence-corrected chi connectivity index (χ2v) is 6.26. The summed E-state index contributed by atoms with van der Waals surface area (Å²) in [6.45, 7) is 4.06. The maximum Gasteiger partial charge on any atom is 0.236 e. The molecule has 0 heterocycles. The van der Waals surface area contributed by atoms with Gasteiger partial charge in [0.2, 0.25) is 11.8 Å². The molecule has 1 aliphatic rings. The monoisotopic (exact) mass is 351 g/mol. The summed E-state index contributed by atoms with van der Waals surface area (Å²) in [6, 6.07) is 8.25. The number of rotatable bonds is 6. The summed E-state index contributed by atoms with van der Waals surface area (Å²) in [5.41, 5.74) is 11.6. The maximum atomic E-state index is 11.8. The zero-order valence-electron chi connectivity index (χ0n) is 15.5. The molecule has 0 aliphatic heterocycles. The van der Waals surface area contributed by atoms with Crippen molar-refractivity contribution in [3.05, 3.63) is 64.8 Å². The van der Waals surface area contributed by atoms with Gasteiger partial charge in [-0.05, 0) is 54.7 Å². The standard InChI is InChI=1S/C21H25N3O2/c1-14-6-4-5-7-17(14)15(2)18-12-16(8-10-19(18)23-3)9-11-21(26)24-13-20(22)25/h4-8,10,12H,9,11,13H2,1-3H3,(H2,22,25)(H,24,26)/b18-15-,23-19?. The number of amides is 2. The van der Waals surface area contributed by atoms with Gasteiger partial charge in [0.15, 0.2) is 0 Å². The van der Waals surface area contributed by atoms with Crippen LogP contribution < -0.4 is 11.1 Å². The van der Waals surface area contributed by atoms with Crippen molar-refractivity contribution >= 4 is 23.1 Å². The highest BCUT2D eigenvalue weighted by atomic mass is 16.2. The van der Waals surface area contributed by atoms with Crippen molar-refractivity contribution < 1.29 is 9.59 Å². The van der Waals surface area contributed by atoms with Crippen LogP contribution in [0.5, 0.6) is 0 Å². The fraction of sp³-hybridized carbons (Fsp3) is 0.286. The average Bonchev–Trinajstić information content (AvgIpc) is 2.64. The minimum atomic E-state index is -0.544. The molecule has 26 heavy (non-hydrogen) atoms. The van der Waals surface area contributed by atoms with E-state index in [9.17, 15) is 9.59 Å². The Morgan fingerprint density at radius 1 is 1.19 bits per heavy atom. The summed E-state index contributed by atoms with van der Waals surface area (Å²) in [5.74, 6) is -0.729. The van der Waals surface area contributed by atoms with E-state index in [2.05, 4.69) is 42.4 Å². The van der Waals surface area contributed by atoms with Crippen LogP contribution in [0.25, 0.3) is 5.57 Å². The number of aliphatic imine (C=N–C) groups is 1. The van der Waals surface area contributed by atoms with Crippen LogP contribution in [0.3, 0.4) is 0 Å². The van der Waals surface area contributed by atoms with Gasteiger partial charge >= 0.3 is 0 Å². The number of allylic oxidation sites excluding steroid dienone is 6. The predicted octanol–water partition coefficient (Wildman–Crippen LogP) is 2.72. The minimum absolute atomic E-state index is 0.127. The molecule has 0 saturated carbocycles. The Hall–Kier alpha value is -2.95. The van der Waals surface area contributed by atoms with Gasteiger partial charge in [-0.3, -0.25) is 14.6 Å². The highest BCUT2D eigenvalue weighted by molar-refractivity contribution is 6.16. The number of aryl methyl sites for hydroxylation is 1. The molecule has 2 amide bonds. The van der Waals surface area contributed by atoms with Crippen LogP contribution in [0.4, 0.5) is 0 Å². The zero-order chi connectivity index (χ0) is 19.1. The van der Waals surface area contributed by atoms with Crippen molar-refractivity contribution in [3.8, 4) is 0 Å². The lowest BCUT2D eigenvalue weighted by Crippen LogP contribution is -2.33. The van der Waals surface area contributed by atoms with Gasteiger partial charge in [0.25, 0.3) is 0 Å². The van der Waals surface area contributed by atoms with Crippen molar-refractivity contribution in [1.82, 2.24) is 5.32 Å². The molecule has 136 valence electrons. The first-order chi connectivity index (χ1) is 12.4. The highest BCUT2D eigenvalue weighted by Gasteiger charge is 2.14. The summed E-state index contributed by atoms with van der Waals surface area (Å²) < 4.78 is 0. The Bertz CT molecular complexity index is 829. The largest absolute Gasteiger partial charge is 0.368 e. The van der Waals surface area contributed by atoms with Crippen molar-refractivity contribution in [2.75, 3.05) is 13.6 Å². The first-order valence-electron chi connectivity index (χ1n) is 8.60. The van der Waals surface area contributed by atoms with Gasteiger partial charge in [0, 0.05) is 19.0 Å². The van der Waals surface area contributed by atoms with E-state index in [0.29, 0.717) is 12.8 Å². The quantitative estimate of drug-likeness (QED) is 0.826. The van der Waals surface area contributed by atoms with Crippen LogP contribution in [0.1, 0.15) is 30.9 Å². The molecule has 0 saturated heterocycles. The van der Waals surface area contributed by atoms with E-state index in [1.807, 2.05) is 24.3 Å². The van der Waals surface area contributed by atoms with Crippen LogP contribution in [-0.4, -0.2) is 31.1 Å². The van der Waals surface area contributed by atoms with Crippen LogP contribution >= 0.6 is 0 Å². The van der Waals surface area contributed by atoms with Crippen LogP contribution in [0.15, 0.2) is 58.6 Å². The Balaban J connectivity index is 2.21. The second-order valence-electron chi connectivity index (χ2n) is 6.26. The summed E-state index contributed by atoms with van der Waals surface area (Å²) in [6.07, 6.45) is 6.94. The van der Waals surface area contributed by atoms with Crippen molar-refractivity contribution in [3.63, 3.8) is 0 Å². The second kappa shape index (κ2) is 8.94. The van der Waals surface area contributed by atoms with E-state index in [1.165, 1.54) is 11.1 Å². The number of hydrogen-bond acceptors (Lipinski definition) is 3. The van der Waals surface area contributed by atoms with Gasteiger partial charge in [0.05, 0.1) is 12.3 Å². The number of carbonyl (C=O) groups excluding carboxylic acids is 2. The Morgan fingerprint density at radius 2 is 1.92 bits per heavy atom. The zero-order valence-corrected chi connectivity index (χ0v) is 15.5. The minimum Gasteiger partial charge on any atom is -0.368 e. The molecule has 2 rings (SSSR count). The van der Waals surface area contributed by atoms with E-state index in [-0.39, 0.29) is 12.5 Å². The molecule has 0 fully saturated rings. The maximum absolute atomic E-state index is 11.8. The highest BCUT2D eigenvalue weighted by Crippen LogP contribution is 2.27. The molecule has 0 aromatic heterocycles. The summed E-state index contributed by atoms with van der Waals surface area (Å²) >= 11 is 0. The molecule has 0 atom stereocenters. The van der Waals surface area contributed by atoms with E-state index < -0.39 is 5.91 Å². The Kier molecular flexibility index (Phi) is 6.67. The molecule has 5 heteroatoms. The Labute approximate surface area is 154 Å². The molecule has 1 aliphatic carbocycles. The van der Waals surface area contributed by atoms with E-state index in [4.69, 9.17) is 5.73 Å². The molecule has 1 aromatic carbocycles. The SMILES string of the molecule is CN=C1C=CC(CCC(=O)NCC(N)=O)=C/C1=C(\C)c1ccccc1C. The number of hydrogen-bond donors (Lipinski definition) is 2. The molecule has 0 radical (unpaired) electrons. The third-order valence-corrected chi connectivity index (χ3v) is 4.36. The third-order valence-electron chi connectivity index (χ3n) is 4.36. The lowest BCUT2D eigenvalue weighted by Gasteiger charge is -2.16. The van der Waals surface area contributed by atoms with Crippen molar-refractivity contribution in [1.29, 1.82) is 0 Å². The van der Waals surface area contributed by atoms with E-state index >= 15 is 0 Å². The van der Waals surface area contributed by atoms with Gasteiger partial charge in [0.1, 0.15) is 0 Å². The van der Waals surface area contributed by atoms with Crippen LogP contribution in [0.2, 0.25) is 0 Å². The number of primary amides is 1. The number of nitrogens with two attached hydrogens (primary N) is 1. The normalized spacial score (nSPS) is 17.0. The smallest absolute Gasteiger partial charge is 0.236 e. The molecule has 1 aromatic rings. The molecule has 0 unspecified atom stereocenters. The predicted molar refractivity (Wildman–Crippen MR) is 106 cm³/mol. The average molecular weight is 351 g/mol. The first kappa shape index (κ1) is 19.4. The fourth-order valence-corrected chi connectivity index (χ4v) is 2.90. The summed E-state index contributed by atoms with van der Waals surface area (Å²) in [4.78, 5) is 26.9. The van der Waals surface area contributed by atoms with Crippen LogP contribution in [-0.2, 0) is 9.59 Å². The third kappa shape index (κ3) is 5.02. The fourth-order valence-electron chi connectivity index (χ4n) is 2.90. The topological polar surface area (TPSA) is 84.6 Å². The molecular formula is C21H25N3O2. The van der Waals surface area contributed by atoms with Crippen molar-refractivity contribution in [2.24, 2.45) is 10.7 Å². The molecular weight excluding hydrogens is 326 g/mol. The van der Waals surface area contributed by atoms with Crippen LogP contribution in [0, 0.1) is 6.92 Å². The van der Waals surface area contributed by atoms with E-state index in [0.717, 1.165) is 22.4 Å². The number of nitrogens with one attached hydrogen (secondary N) is 1. The number of nitrogens with zero attached hydrogens (tertiary/aromatic N) is 1. The number of benzene rings is 1. The van der Waals surface area contributed by atoms with Gasteiger partial charge in [-0.2, -0.15) is 0 Å².